The number of anilines is 1. The van der Waals surface area contributed by atoms with Gasteiger partial charge in [-0.05, 0) is 61.2 Å². The number of likely N-dealkylation sites (tertiary alicyclic amines) is 1. The van der Waals surface area contributed by atoms with Crippen LogP contribution in [0.2, 0.25) is 0 Å². The number of carbonyl (C=O) groups excluding carboxylic acids is 1. The number of rotatable bonds is 3. The molecular formula is C15H22BrN3O2. The molecule has 1 fully saturated rings. The number of nitrogens with one attached hydrogen (secondary N) is 1. The molecule has 0 aliphatic carbocycles. The zero-order valence-electron chi connectivity index (χ0n) is 12.7. The first kappa shape index (κ1) is 16.1. The fraction of sp³-hybridized carbons (Fsp3) is 0.600. The minimum absolute atomic E-state index is 0.0667. The van der Waals surface area contributed by atoms with Gasteiger partial charge in [-0.3, -0.25) is 0 Å². The van der Waals surface area contributed by atoms with Crippen molar-refractivity contribution in [3.05, 3.63) is 22.3 Å². The maximum atomic E-state index is 11.8. The lowest BCUT2D eigenvalue weighted by atomic mass is 10.1. The molecule has 1 aliphatic heterocycles. The molecule has 0 unspecified atom stereocenters. The lowest BCUT2D eigenvalue weighted by Gasteiger charge is -2.32. The number of hydrogen-bond acceptors (Lipinski definition) is 4. The summed E-state index contributed by atoms with van der Waals surface area (Å²) in [5, 5.41) is 3.47. The van der Waals surface area contributed by atoms with Gasteiger partial charge < -0.3 is 15.0 Å². The Balaban J connectivity index is 1.85. The summed E-state index contributed by atoms with van der Waals surface area (Å²) in [4.78, 5) is 18.0. The molecule has 1 aromatic rings. The monoisotopic (exact) mass is 355 g/mol. The first-order valence-corrected chi connectivity index (χ1v) is 8.09. The van der Waals surface area contributed by atoms with Crippen molar-refractivity contribution in [3.8, 4) is 0 Å². The predicted octanol–water partition coefficient (Wildman–Crippen LogP) is 3.57. The average Bonchev–Trinajstić information content (AvgIpc) is 2.42. The minimum Gasteiger partial charge on any atom is -0.447 e. The highest BCUT2D eigenvalue weighted by Gasteiger charge is 2.24. The molecule has 1 aromatic heterocycles. The molecule has 2 rings (SSSR count). The van der Waals surface area contributed by atoms with E-state index in [0.717, 1.165) is 41.8 Å². The van der Waals surface area contributed by atoms with Crippen molar-refractivity contribution in [2.75, 3.05) is 18.4 Å². The van der Waals surface area contributed by atoms with Crippen LogP contribution in [0.1, 0.15) is 32.3 Å². The first-order chi connectivity index (χ1) is 9.95. The Kier molecular flexibility index (Phi) is 5.45. The molecule has 0 radical (unpaired) electrons. The van der Waals surface area contributed by atoms with Crippen LogP contribution in [-0.4, -0.2) is 41.2 Å². The SMILES string of the molecule is Cc1cc(Br)cnc1NC1CCN(C(=O)OC(C)C)CC1. The number of aromatic nitrogens is 1. The van der Waals surface area contributed by atoms with Gasteiger partial charge in [0.25, 0.3) is 0 Å². The average molecular weight is 356 g/mol. The standard InChI is InChI=1S/C15H22BrN3O2/c1-10(2)21-15(20)19-6-4-13(5-7-19)18-14-11(3)8-12(16)9-17-14/h8-10,13H,4-7H2,1-3H3,(H,17,18). The van der Waals surface area contributed by atoms with Gasteiger partial charge in [0.05, 0.1) is 6.10 Å². The van der Waals surface area contributed by atoms with E-state index in [9.17, 15) is 4.79 Å². The number of piperidine rings is 1. The van der Waals surface area contributed by atoms with Crippen LogP contribution in [-0.2, 0) is 4.74 Å². The van der Waals surface area contributed by atoms with Crippen molar-refractivity contribution in [1.29, 1.82) is 0 Å². The molecule has 1 saturated heterocycles. The third kappa shape index (κ3) is 4.59. The number of ether oxygens (including phenoxy) is 1. The second-order valence-corrected chi connectivity index (χ2v) is 6.57. The second-order valence-electron chi connectivity index (χ2n) is 5.66. The van der Waals surface area contributed by atoms with Gasteiger partial charge in [0.1, 0.15) is 5.82 Å². The highest BCUT2D eigenvalue weighted by molar-refractivity contribution is 9.10. The molecule has 1 amide bonds. The van der Waals surface area contributed by atoms with E-state index in [4.69, 9.17) is 4.74 Å². The highest BCUT2D eigenvalue weighted by atomic mass is 79.9. The lowest BCUT2D eigenvalue weighted by molar-refractivity contribution is 0.0701. The Hall–Kier alpha value is -1.30. The molecule has 6 heteroatoms. The van der Waals surface area contributed by atoms with Crippen LogP contribution in [0.3, 0.4) is 0 Å². The molecular weight excluding hydrogens is 334 g/mol. The summed E-state index contributed by atoms with van der Waals surface area (Å²) in [6.07, 6.45) is 3.34. The van der Waals surface area contributed by atoms with E-state index in [-0.39, 0.29) is 12.2 Å². The van der Waals surface area contributed by atoms with Crippen LogP contribution in [0.4, 0.5) is 10.6 Å². The van der Waals surface area contributed by atoms with Crippen LogP contribution in [0.25, 0.3) is 0 Å². The molecule has 2 heterocycles. The summed E-state index contributed by atoms with van der Waals surface area (Å²) in [6, 6.07) is 2.39. The zero-order valence-corrected chi connectivity index (χ0v) is 14.3. The van der Waals surface area contributed by atoms with E-state index < -0.39 is 0 Å². The summed E-state index contributed by atoms with van der Waals surface area (Å²) >= 11 is 3.42. The van der Waals surface area contributed by atoms with E-state index in [0.29, 0.717) is 6.04 Å². The topological polar surface area (TPSA) is 54.5 Å². The molecule has 0 atom stereocenters. The molecule has 5 nitrogen and oxygen atoms in total. The van der Waals surface area contributed by atoms with Gasteiger partial charge in [-0.2, -0.15) is 0 Å². The zero-order chi connectivity index (χ0) is 15.4. The smallest absolute Gasteiger partial charge is 0.410 e. The Morgan fingerprint density at radius 1 is 1.48 bits per heavy atom. The maximum absolute atomic E-state index is 11.8. The van der Waals surface area contributed by atoms with Crippen molar-refractivity contribution in [2.45, 2.75) is 45.8 Å². The van der Waals surface area contributed by atoms with Gasteiger partial charge in [-0.15, -0.1) is 0 Å². The van der Waals surface area contributed by atoms with E-state index in [2.05, 4.69) is 26.2 Å². The Morgan fingerprint density at radius 2 is 2.14 bits per heavy atom. The van der Waals surface area contributed by atoms with Gasteiger partial charge >= 0.3 is 6.09 Å². The van der Waals surface area contributed by atoms with Crippen molar-refractivity contribution < 1.29 is 9.53 Å². The number of aryl methyl sites for hydroxylation is 1. The number of amides is 1. The van der Waals surface area contributed by atoms with E-state index in [1.807, 2.05) is 26.8 Å². The van der Waals surface area contributed by atoms with Crippen LogP contribution in [0.5, 0.6) is 0 Å². The molecule has 116 valence electrons. The largest absolute Gasteiger partial charge is 0.447 e. The third-order valence-electron chi connectivity index (χ3n) is 3.48. The van der Waals surface area contributed by atoms with Crippen LogP contribution in [0.15, 0.2) is 16.7 Å². The molecule has 1 aliphatic rings. The van der Waals surface area contributed by atoms with Crippen molar-refractivity contribution in [2.24, 2.45) is 0 Å². The Bertz CT molecular complexity index is 500. The van der Waals surface area contributed by atoms with Crippen molar-refractivity contribution in [1.82, 2.24) is 9.88 Å². The fourth-order valence-electron chi connectivity index (χ4n) is 2.37. The molecule has 0 saturated carbocycles. The first-order valence-electron chi connectivity index (χ1n) is 7.30. The normalized spacial score (nSPS) is 16.1. The number of hydrogen-bond donors (Lipinski definition) is 1. The predicted molar refractivity (Wildman–Crippen MR) is 86.5 cm³/mol. The summed E-state index contributed by atoms with van der Waals surface area (Å²) in [5.74, 6) is 0.918. The molecule has 21 heavy (non-hydrogen) atoms. The van der Waals surface area contributed by atoms with Gasteiger partial charge in [0.15, 0.2) is 0 Å². The van der Waals surface area contributed by atoms with Crippen LogP contribution < -0.4 is 5.32 Å². The van der Waals surface area contributed by atoms with E-state index in [1.54, 1.807) is 11.1 Å². The highest BCUT2D eigenvalue weighted by Crippen LogP contribution is 2.21. The molecule has 0 aromatic carbocycles. The van der Waals surface area contributed by atoms with Crippen molar-refractivity contribution in [3.63, 3.8) is 0 Å². The van der Waals surface area contributed by atoms with Crippen LogP contribution in [0, 0.1) is 6.92 Å². The van der Waals surface area contributed by atoms with Gasteiger partial charge in [0, 0.05) is 29.8 Å². The third-order valence-corrected chi connectivity index (χ3v) is 3.91. The van der Waals surface area contributed by atoms with Crippen molar-refractivity contribution >= 4 is 27.8 Å². The van der Waals surface area contributed by atoms with Gasteiger partial charge in [-0.1, -0.05) is 0 Å². The van der Waals surface area contributed by atoms with E-state index in [1.165, 1.54) is 0 Å². The molecule has 0 spiro atoms. The number of halogens is 1. The summed E-state index contributed by atoms with van der Waals surface area (Å²) in [6.45, 7) is 7.22. The quantitative estimate of drug-likeness (QED) is 0.900. The summed E-state index contributed by atoms with van der Waals surface area (Å²) in [5.41, 5.74) is 1.12. The number of nitrogens with zero attached hydrogens (tertiary/aromatic N) is 2. The van der Waals surface area contributed by atoms with Crippen LogP contribution >= 0.6 is 15.9 Å². The van der Waals surface area contributed by atoms with Gasteiger partial charge in [0.2, 0.25) is 0 Å². The fourth-order valence-corrected chi connectivity index (χ4v) is 2.81. The minimum atomic E-state index is -0.207. The second kappa shape index (κ2) is 7.11. The molecule has 0 bridgehead atoms. The Morgan fingerprint density at radius 3 is 2.71 bits per heavy atom. The summed E-state index contributed by atoms with van der Waals surface area (Å²) in [7, 11) is 0. The Labute approximate surface area is 134 Å². The summed E-state index contributed by atoms with van der Waals surface area (Å²) < 4.78 is 6.21. The number of pyridine rings is 1. The lowest BCUT2D eigenvalue weighted by Crippen LogP contribution is -2.43. The number of carbonyl (C=O) groups is 1. The maximum Gasteiger partial charge on any atom is 0.410 e. The van der Waals surface area contributed by atoms with Gasteiger partial charge in [-0.25, -0.2) is 9.78 Å². The molecule has 1 N–H and O–H groups in total. The van der Waals surface area contributed by atoms with E-state index >= 15 is 0 Å².